The van der Waals surface area contributed by atoms with Gasteiger partial charge in [-0.2, -0.15) is 5.26 Å². The number of hydrogen-bond acceptors (Lipinski definition) is 5. The largest absolute Gasteiger partial charge is 0.353 e. The van der Waals surface area contributed by atoms with Crippen LogP contribution in [0.3, 0.4) is 0 Å². The summed E-state index contributed by atoms with van der Waals surface area (Å²) in [6, 6.07) is 5.77. The Hall–Kier alpha value is -1.38. The Morgan fingerprint density at radius 2 is 2.00 bits per heavy atom. The molecule has 0 N–H and O–H groups in total. The number of rotatable bonds is 2. The summed E-state index contributed by atoms with van der Waals surface area (Å²) in [6.45, 7) is 4.02. The van der Waals surface area contributed by atoms with E-state index in [4.69, 9.17) is 16.9 Å². The Kier molecular flexibility index (Phi) is 3.54. The summed E-state index contributed by atoms with van der Waals surface area (Å²) in [7, 11) is 0. The van der Waals surface area contributed by atoms with E-state index in [1.807, 2.05) is 6.07 Å². The molecule has 0 radical (unpaired) electrons. The van der Waals surface area contributed by atoms with Gasteiger partial charge in [0, 0.05) is 26.2 Å². The number of aromatic nitrogens is 2. The Morgan fingerprint density at radius 3 is 2.56 bits per heavy atom. The summed E-state index contributed by atoms with van der Waals surface area (Å²) in [5.41, 5.74) is 0. The highest BCUT2D eigenvalue weighted by atomic mass is 35.5. The van der Waals surface area contributed by atoms with Gasteiger partial charge in [0.1, 0.15) is 0 Å². The molecule has 6 heteroatoms. The Morgan fingerprint density at radius 1 is 1.25 bits per heavy atom. The van der Waals surface area contributed by atoms with Crippen molar-refractivity contribution in [1.82, 2.24) is 15.1 Å². The van der Waals surface area contributed by atoms with Crippen LogP contribution in [-0.4, -0.2) is 47.8 Å². The van der Waals surface area contributed by atoms with Gasteiger partial charge in [0.15, 0.2) is 11.0 Å². The van der Waals surface area contributed by atoms with E-state index in [0.29, 0.717) is 11.7 Å². The Balaban J connectivity index is 1.94. The van der Waals surface area contributed by atoms with Gasteiger partial charge < -0.3 is 4.90 Å². The summed E-state index contributed by atoms with van der Waals surface area (Å²) in [5, 5.41) is 16.8. The second kappa shape index (κ2) is 5.10. The van der Waals surface area contributed by atoms with E-state index < -0.39 is 0 Å². The summed E-state index contributed by atoms with van der Waals surface area (Å²) in [5.74, 6) is 0.848. The summed E-state index contributed by atoms with van der Waals surface area (Å²) >= 11 is 5.68. The predicted molar refractivity (Wildman–Crippen MR) is 61.3 cm³/mol. The van der Waals surface area contributed by atoms with Gasteiger partial charge in [-0.25, -0.2) is 0 Å². The van der Waals surface area contributed by atoms with Gasteiger partial charge in [0.25, 0.3) is 0 Å². The molecule has 1 aliphatic rings. The number of anilines is 1. The molecule has 0 saturated carbocycles. The molecule has 84 valence electrons. The molecule has 0 atom stereocenters. The van der Waals surface area contributed by atoms with Crippen LogP contribution in [0.2, 0.25) is 5.15 Å². The second-order valence-corrected chi connectivity index (χ2v) is 4.02. The molecule has 0 bridgehead atoms. The van der Waals surface area contributed by atoms with Crippen LogP contribution < -0.4 is 4.90 Å². The van der Waals surface area contributed by atoms with Crippen LogP contribution in [0.1, 0.15) is 0 Å². The van der Waals surface area contributed by atoms with Crippen molar-refractivity contribution in [3.05, 3.63) is 17.3 Å². The van der Waals surface area contributed by atoms with Crippen molar-refractivity contribution >= 4 is 17.4 Å². The molecule has 1 aromatic heterocycles. The van der Waals surface area contributed by atoms with E-state index in [1.54, 1.807) is 6.07 Å². The van der Waals surface area contributed by atoms with Crippen LogP contribution in [0, 0.1) is 11.3 Å². The second-order valence-electron chi connectivity index (χ2n) is 3.64. The number of nitriles is 1. The molecule has 0 aromatic carbocycles. The minimum atomic E-state index is 0.409. The van der Waals surface area contributed by atoms with Gasteiger partial charge in [-0.1, -0.05) is 11.6 Å². The smallest absolute Gasteiger partial charge is 0.151 e. The molecule has 1 saturated heterocycles. The zero-order chi connectivity index (χ0) is 11.4. The van der Waals surface area contributed by atoms with E-state index in [2.05, 4.69) is 26.1 Å². The Labute approximate surface area is 99.2 Å². The van der Waals surface area contributed by atoms with E-state index in [1.165, 1.54) is 0 Å². The van der Waals surface area contributed by atoms with Crippen molar-refractivity contribution in [3.8, 4) is 6.07 Å². The van der Waals surface area contributed by atoms with E-state index >= 15 is 0 Å². The lowest BCUT2D eigenvalue weighted by Gasteiger charge is -2.33. The Bertz CT molecular complexity index is 377. The van der Waals surface area contributed by atoms with Crippen molar-refractivity contribution in [2.75, 3.05) is 37.6 Å². The predicted octanol–water partition coefficient (Wildman–Crippen LogP) is 0.776. The van der Waals surface area contributed by atoms with Gasteiger partial charge in [-0.3, -0.25) is 4.90 Å². The van der Waals surface area contributed by atoms with Crippen LogP contribution in [0.25, 0.3) is 0 Å². The fourth-order valence-corrected chi connectivity index (χ4v) is 1.81. The summed E-state index contributed by atoms with van der Waals surface area (Å²) < 4.78 is 0. The molecule has 1 aliphatic heterocycles. The van der Waals surface area contributed by atoms with Crippen molar-refractivity contribution < 1.29 is 0 Å². The fourth-order valence-electron chi connectivity index (χ4n) is 1.71. The SMILES string of the molecule is N#CCN1CCN(c2ccc(Cl)nn2)CC1. The third-order valence-electron chi connectivity index (χ3n) is 2.61. The van der Waals surface area contributed by atoms with Gasteiger partial charge in [-0.05, 0) is 12.1 Å². The van der Waals surface area contributed by atoms with Crippen molar-refractivity contribution in [1.29, 1.82) is 5.26 Å². The molecule has 0 unspecified atom stereocenters. The highest BCUT2D eigenvalue weighted by Gasteiger charge is 2.17. The van der Waals surface area contributed by atoms with Crippen LogP contribution in [-0.2, 0) is 0 Å². The van der Waals surface area contributed by atoms with E-state index in [0.717, 1.165) is 32.0 Å². The van der Waals surface area contributed by atoms with Crippen LogP contribution >= 0.6 is 11.6 Å². The average molecular weight is 238 g/mol. The molecular formula is C10H12ClN5. The lowest BCUT2D eigenvalue weighted by Crippen LogP contribution is -2.46. The zero-order valence-electron chi connectivity index (χ0n) is 8.80. The monoisotopic (exact) mass is 237 g/mol. The highest BCUT2D eigenvalue weighted by Crippen LogP contribution is 2.13. The maximum absolute atomic E-state index is 8.59. The van der Waals surface area contributed by atoms with E-state index in [-0.39, 0.29) is 0 Å². The molecule has 16 heavy (non-hydrogen) atoms. The zero-order valence-corrected chi connectivity index (χ0v) is 9.56. The maximum atomic E-state index is 8.59. The summed E-state index contributed by atoms with van der Waals surface area (Å²) in [6.07, 6.45) is 0. The molecule has 0 spiro atoms. The lowest BCUT2D eigenvalue weighted by molar-refractivity contribution is 0.286. The molecule has 1 fully saturated rings. The first-order chi connectivity index (χ1) is 7.79. The number of nitrogens with zero attached hydrogens (tertiary/aromatic N) is 5. The van der Waals surface area contributed by atoms with Gasteiger partial charge in [-0.15, -0.1) is 10.2 Å². The van der Waals surface area contributed by atoms with Crippen LogP contribution in [0.15, 0.2) is 12.1 Å². The minimum Gasteiger partial charge on any atom is -0.353 e. The number of piperazine rings is 1. The quantitative estimate of drug-likeness (QED) is 0.712. The first-order valence-electron chi connectivity index (χ1n) is 5.13. The number of halogens is 1. The third-order valence-corrected chi connectivity index (χ3v) is 2.81. The standard InChI is InChI=1S/C10H12ClN5/c11-9-1-2-10(14-13-9)16-7-5-15(4-3-12)6-8-16/h1-2H,4-8H2. The average Bonchev–Trinajstić information content (AvgIpc) is 2.32. The van der Waals surface area contributed by atoms with E-state index in [9.17, 15) is 0 Å². The molecule has 5 nitrogen and oxygen atoms in total. The molecule has 1 aromatic rings. The van der Waals surface area contributed by atoms with Gasteiger partial charge in [0.05, 0.1) is 12.6 Å². The number of hydrogen-bond donors (Lipinski definition) is 0. The van der Waals surface area contributed by atoms with Crippen molar-refractivity contribution in [2.45, 2.75) is 0 Å². The highest BCUT2D eigenvalue weighted by molar-refractivity contribution is 6.29. The van der Waals surface area contributed by atoms with Crippen LogP contribution in [0.4, 0.5) is 5.82 Å². The van der Waals surface area contributed by atoms with Gasteiger partial charge >= 0.3 is 0 Å². The molecule has 0 aliphatic carbocycles. The molecule has 0 amide bonds. The fraction of sp³-hybridized carbons (Fsp3) is 0.500. The molecule has 2 heterocycles. The maximum Gasteiger partial charge on any atom is 0.151 e. The van der Waals surface area contributed by atoms with Crippen LogP contribution in [0.5, 0.6) is 0 Å². The molecule has 2 rings (SSSR count). The lowest BCUT2D eigenvalue weighted by atomic mass is 10.3. The normalized spacial score (nSPS) is 17.1. The summed E-state index contributed by atoms with van der Waals surface area (Å²) in [4.78, 5) is 4.27. The topological polar surface area (TPSA) is 56.1 Å². The minimum absolute atomic E-state index is 0.409. The van der Waals surface area contributed by atoms with Crippen molar-refractivity contribution in [3.63, 3.8) is 0 Å². The van der Waals surface area contributed by atoms with Crippen molar-refractivity contribution in [2.24, 2.45) is 0 Å². The third kappa shape index (κ3) is 2.60. The molecular weight excluding hydrogens is 226 g/mol. The first kappa shape index (κ1) is 11.1. The van der Waals surface area contributed by atoms with Gasteiger partial charge in [0.2, 0.25) is 0 Å². The first-order valence-corrected chi connectivity index (χ1v) is 5.51.